The second-order valence-corrected chi connectivity index (χ2v) is 8.20. The van der Waals surface area contributed by atoms with Crippen molar-refractivity contribution in [1.82, 2.24) is 4.90 Å². The highest BCUT2D eigenvalue weighted by Crippen LogP contribution is 2.28. The molecule has 2 rings (SSSR count). The van der Waals surface area contributed by atoms with Gasteiger partial charge in [-0.05, 0) is 56.3 Å². The number of carbonyl (C=O) groups is 2. The van der Waals surface area contributed by atoms with Crippen LogP contribution in [0.5, 0.6) is 11.5 Å². The van der Waals surface area contributed by atoms with Gasteiger partial charge < -0.3 is 19.1 Å². The number of nitrogens with zero attached hydrogens (tertiary/aromatic N) is 1. The Morgan fingerprint density at radius 1 is 1.13 bits per heavy atom. The molecular weight excluding hydrogens is 414 g/mol. The maximum absolute atomic E-state index is 13.0. The van der Waals surface area contributed by atoms with Crippen LogP contribution in [0.15, 0.2) is 35.7 Å². The molecule has 0 fully saturated rings. The van der Waals surface area contributed by atoms with Crippen molar-refractivity contribution in [2.75, 3.05) is 27.4 Å². The van der Waals surface area contributed by atoms with Gasteiger partial charge in [0.05, 0.1) is 31.2 Å². The van der Waals surface area contributed by atoms with Gasteiger partial charge >= 0.3 is 5.97 Å². The summed E-state index contributed by atoms with van der Waals surface area (Å²) in [6.07, 6.45) is 0.253. The molecule has 0 aliphatic heterocycles. The lowest BCUT2D eigenvalue weighted by molar-refractivity contribution is -0.149. The van der Waals surface area contributed by atoms with Crippen molar-refractivity contribution in [1.29, 1.82) is 0 Å². The van der Waals surface area contributed by atoms with Crippen LogP contribution in [0.3, 0.4) is 0 Å². The Morgan fingerprint density at radius 2 is 1.87 bits per heavy atom. The van der Waals surface area contributed by atoms with Crippen molar-refractivity contribution in [3.63, 3.8) is 0 Å². The summed E-state index contributed by atoms with van der Waals surface area (Å²) < 4.78 is 15.6. The van der Waals surface area contributed by atoms with Gasteiger partial charge in [-0.2, -0.15) is 0 Å². The first kappa shape index (κ1) is 24.3. The van der Waals surface area contributed by atoms with Crippen LogP contribution in [-0.2, 0) is 20.7 Å². The fraction of sp³-hybridized carbons (Fsp3) is 0.417. The Hall–Kier alpha value is -2.98. The topological polar surface area (TPSA) is 65.1 Å². The summed E-state index contributed by atoms with van der Waals surface area (Å²) in [6, 6.07) is 9.52. The fourth-order valence-electron chi connectivity index (χ4n) is 3.06. The minimum atomic E-state index is -0.774. The van der Waals surface area contributed by atoms with Crippen LogP contribution in [0.4, 0.5) is 0 Å². The third-order valence-electron chi connectivity index (χ3n) is 4.66. The zero-order valence-corrected chi connectivity index (χ0v) is 19.5. The molecule has 0 aliphatic carbocycles. The van der Waals surface area contributed by atoms with E-state index in [0.29, 0.717) is 24.5 Å². The van der Waals surface area contributed by atoms with Crippen molar-refractivity contribution in [3.8, 4) is 23.3 Å². The van der Waals surface area contributed by atoms with Crippen molar-refractivity contribution in [2.45, 2.75) is 39.2 Å². The summed E-state index contributed by atoms with van der Waals surface area (Å²) in [6.45, 7) is 6.10. The zero-order chi connectivity index (χ0) is 22.9. The largest absolute Gasteiger partial charge is 0.493 e. The summed E-state index contributed by atoms with van der Waals surface area (Å²) in [5.41, 5.74) is 0.206. The molecule has 31 heavy (non-hydrogen) atoms. The number of amides is 1. The molecule has 0 saturated carbocycles. The number of esters is 1. The van der Waals surface area contributed by atoms with E-state index < -0.39 is 11.5 Å². The van der Waals surface area contributed by atoms with Gasteiger partial charge in [0.2, 0.25) is 5.91 Å². The highest BCUT2D eigenvalue weighted by Gasteiger charge is 2.30. The first-order valence-corrected chi connectivity index (χ1v) is 10.9. The maximum Gasteiger partial charge on any atom is 0.315 e. The van der Waals surface area contributed by atoms with Crippen LogP contribution >= 0.6 is 11.3 Å². The van der Waals surface area contributed by atoms with Crippen LogP contribution in [0.25, 0.3) is 0 Å². The molecule has 0 unspecified atom stereocenters. The second kappa shape index (κ2) is 11.4. The van der Waals surface area contributed by atoms with E-state index in [9.17, 15) is 9.59 Å². The monoisotopic (exact) mass is 443 g/mol. The summed E-state index contributed by atoms with van der Waals surface area (Å²) in [7, 11) is 3.17. The van der Waals surface area contributed by atoms with E-state index in [1.807, 2.05) is 49.6 Å². The number of hydrogen-bond donors (Lipinski definition) is 0. The van der Waals surface area contributed by atoms with Crippen LogP contribution in [-0.4, -0.2) is 49.7 Å². The van der Waals surface area contributed by atoms with Gasteiger partial charge in [-0.25, -0.2) is 0 Å². The highest BCUT2D eigenvalue weighted by atomic mass is 32.1. The average molecular weight is 444 g/mol. The van der Waals surface area contributed by atoms with Crippen LogP contribution < -0.4 is 9.47 Å². The van der Waals surface area contributed by atoms with E-state index in [0.717, 1.165) is 10.4 Å². The smallest absolute Gasteiger partial charge is 0.315 e. The molecule has 1 heterocycles. The van der Waals surface area contributed by atoms with Gasteiger partial charge in [0, 0.05) is 6.54 Å². The molecule has 0 spiro atoms. The third kappa shape index (κ3) is 7.04. The molecule has 0 aliphatic rings. The summed E-state index contributed by atoms with van der Waals surface area (Å²) in [5, 5.41) is 1.96. The van der Waals surface area contributed by atoms with Crippen LogP contribution in [0, 0.1) is 11.8 Å². The Kier molecular flexibility index (Phi) is 8.95. The molecule has 0 N–H and O–H groups in total. The number of hydrogen-bond acceptors (Lipinski definition) is 6. The predicted molar refractivity (Wildman–Crippen MR) is 121 cm³/mol. The van der Waals surface area contributed by atoms with E-state index in [1.54, 1.807) is 37.4 Å². The lowest BCUT2D eigenvalue weighted by Gasteiger charge is -2.35. The molecule has 166 valence electrons. The molecule has 0 saturated heterocycles. The predicted octanol–water partition coefficient (Wildman–Crippen LogP) is 3.92. The van der Waals surface area contributed by atoms with Gasteiger partial charge in [-0.1, -0.05) is 24.0 Å². The summed E-state index contributed by atoms with van der Waals surface area (Å²) in [5.74, 6) is 6.74. The molecule has 0 bridgehead atoms. The Balaban J connectivity index is 2.24. The van der Waals surface area contributed by atoms with Crippen molar-refractivity contribution >= 4 is 23.2 Å². The Bertz CT molecular complexity index is 941. The molecule has 2 aromatic rings. The van der Waals surface area contributed by atoms with E-state index in [4.69, 9.17) is 14.2 Å². The van der Waals surface area contributed by atoms with Gasteiger partial charge in [-0.15, -0.1) is 11.3 Å². The standard InChI is InChI=1S/C24H29NO5S/c1-6-30-23(27)17-22(26)25(24(2,3)13-11-19-8-7-15-31-19)14-12-18-9-10-20(28-4)21(16-18)29-5/h7-10,15-16H,6,12,14,17H2,1-5H3. The Morgan fingerprint density at radius 3 is 2.48 bits per heavy atom. The minimum absolute atomic E-state index is 0.235. The maximum atomic E-state index is 13.0. The van der Waals surface area contributed by atoms with E-state index in [-0.39, 0.29) is 18.9 Å². The van der Waals surface area contributed by atoms with Gasteiger partial charge in [0.25, 0.3) is 0 Å². The Labute approximate surface area is 188 Å². The number of benzene rings is 1. The normalized spacial score (nSPS) is 10.6. The summed E-state index contributed by atoms with van der Waals surface area (Å²) >= 11 is 1.54. The number of thiophene rings is 1. The third-order valence-corrected chi connectivity index (χ3v) is 5.45. The van der Waals surface area contributed by atoms with Gasteiger partial charge in [0.15, 0.2) is 11.5 Å². The molecule has 1 aromatic heterocycles. The van der Waals surface area contributed by atoms with Gasteiger partial charge in [-0.3, -0.25) is 9.59 Å². The quantitative estimate of drug-likeness (QED) is 0.334. The highest BCUT2D eigenvalue weighted by molar-refractivity contribution is 7.10. The van der Waals surface area contributed by atoms with Crippen LogP contribution in [0.2, 0.25) is 0 Å². The summed E-state index contributed by atoms with van der Waals surface area (Å²) in [4.78, 5) is 27.5. The SMILES string of the molecule is CCOC(=O)CC(=O)N(CCc1ccc(OC)c(OC)c1)C(C)(C)C#Cc1cccs1. The van der Waals surface area contributed by atoms with Crippen molar-refractivity contribution < 1.29 is 23.8 Å². The van der Waals surface area contributed by atoms with Crippen LogP contribution in [0.1, 0.15) is 37.6 Å². The number of ether oxygens (including phenoxy) is 3. The molecular formula is C24H29NO5S. The number of rotatable bonds is 9. The zero-order valence-electron chi connectivity index (χ0n) is 18.7. The molecule has 0 atom stereocenters. The first-order chi connectivity index (χ1) is 14.8. The molecule has 7 heteroatoms. The van der Waals surface area contributed by atoms with Crippen molar-refractivity contribution in [2.24, 2.45) is 0 Å². The molecule has 1 amide bonds. The van der Waals surface area contributed by atoms with E-state index in [1.165, 1.54) is 0 Å². The number of methoxy groups -OCH3 is 2. The molecule has 0 radical (unpaired) electrons. The fourth-order valence-corrected chi connectivity index (χ4v) is 3.63. The molecule has 1 aromatic carbocycles. The van der Waals surface area contributed by atoms with E-state index in [2.05, 4.69) is 11.8 Å². The average Bonchev–Trinajstić information content (AvgIpc) is 3.26. The first-order valence-electron chi connectivity index (χ1n) is 10.0. The van der Waals surface area contributed by atoms with Gasteiger partial charge in [0.1, 0.15) is 6.42 Å². The number of carbonyl (C=O) groups excluding carboxylic acids is 2. The van der Waals surface area contributed by atoms with E-state index >= 15 is 0 Å². The lowest BCUT2D eigenvalue weighted by Crippen LogP contribution is -2.48. The van der Waals surface area contributed by atoms with Crippen molar-refractivity contribution in [3.05, 3.63) is 46.2 Å². The molecule has 6 nitrogen and oxygen atoms in total. The minimum Gasteiger partial charge on any atom is -0.493 e. The lowest BCUT2D eigenvalue weighted by atomic mass is 10.0. The second-order valence-electron chi connectivity index (χ2n) is 7.25.